The van der Waals surface area contributed by atoms with E-state index in [9.17, 15) is 8.42 Å². The zero-order chi connectivity index (χ0) is 19.1. The number of sulfonamides is 1. The number of guanidine groups is 1. The van der Waals surface area contributed by atoms with Crippen molar-refractivity contribution in [1.82, 2.24) is 15.4 Å². The van der Waals surface area contributed by atoms with E-state index in [2.05, 4.69) is 51.7 Å². The molecule has 1 aromatic rings. The maximum absolute atomic E-state index is 11.4. The first kappa shape index (κ1) is 21.8. The third-order valence-electron chi connectivity index (χ3n) is 3.35. The lowest BCUT2D eigenvalue weighted by Crippen LogP contribution is -2.53. The predicted molar refractivity (Wildman–Crippen MR) is 108 cm³/mol. The van der Waals surface area contributed by atoms with Crippen LogP contribution in [0, 0.1) is 6.92 Å². The highest BCUT2D eigenvalue weighted by atomic mass is 32.2. The molecular formula is C17H30N4O2S2. The Hall–Kier alpha value is -1.25. The zero-order valence-corrected chi connectivity index (χ0v) is 17.6. The second kappa shape index (κ2) is 9.45. The van der Waals surface area contributed by atoms with Gasteiger partial charge in [-0.1, -0.05) is 12.1 Å². The fourth-order valence-electron chi connectivity index (χ4n) is 2.33. The average Bonchev–Trinajstić information content (AvgIpc) is 2.48. The van der Waals surface area contributed by atoms with Gasteiger partial charge in [-0.2, -0.15) is 0 Å². The van der Waals surface area contributed by atoms with Crippen LogP contribution in [0.25, 0.3) is 0 Å². The molecule has 0 saturated carbocycles. The highest BCUT2D eigenvalue weighted by Gasteiger charge is 2.22. The van der Waals surface area contributed by atoms with Crippen LogP contribution in [-0.4, -0.2) is 45.5 Å². The lowest BCUT2D eigenvalue weighted by atomic mass is 10.1. The molecule has 8 heteroatoms. The first-order valence-electron chi connectivity index (χ1n) is 8.21. The van der Waals surface area contributed by atoms with E-state index < -0.39 is 15.6 Å². The Morgan fingerprint density at radius 2 is 1.96 bits per heavy atom. The molecule has 0 radical (unpaired) electrons. The lowest BCUT2D eigenvalue weighted by Gasteiger charge is -2.26. The van der Waals surface area contributed by atoms with Crippen molar-refractivity contribution in [2.24, 2.45) is 4.99 Å². The van der Waals surface area contributed by atoms with Crippen LogP contribution in [-0.2, 0) is 16.6 Å². The van der Waals surface area contributed by atoms with Gasteiger partial charge in [0.2, 0.25) is 10.0 Å². The number of rotatable bonds is 8. The van der Waals surface area contributed by atoms with Crippen molar-refractivity contribution in [3.8, 4) is 0 Å². The first-order chi connectivity index (χ1) is 11.6. The summed E-state index contributed by atoms with van der Waals surface area (Å²) >= 11 is 1.71. The minimum Gasteiger partial charge on any atom is -0.357 e. The number of aryl methyl sites for hydroxylation is 1. The number of thioether (sulfide) groups is 1. The molecule has 0 aliphatic heterocycles. The summed E-state index contributed by atoms with van der Waals surface area (Å²) in [7, 11) is -3.26. The second-order valence-corrected chi connectivity index (χ2v) is 9.22. The number of benzene rings is 1. The number of nitrogens with one attached hydrogen (secondary N) is 3. The van der Waals surface area contributed by atoms with E-state index >= 15 is 0 Å². The van der Waals surface area contributed by atoms with E-state index in [-0.39, 0.29) is 0 Å². The van der Waals surface area contributed by atoms with E-state index in [0.717, 1.165) is 12.8 Å². The third-order valence-corrected chi connectivity index (χ3v) is 5.10. The van der Waals surface area contributed by atoms with Gasteiger partial charge >= 0.3 is 0 Å². The maximum atomic E-state index is 11.4. The van der Waals surface area contributed by atoms with Gasteiger partial charge in [0.15, 0.2) is 5.96 Å². The van der Waals surface area contributed by atoms with Crippen molar-refractivity contribution in [3.05, 3.63) is 29.3 Å². The fraction of sp³-hybridized carbons (Fsp3) is 0.588. The lowest BCUT2D eigenvalue weighted by molar-refractivity contribution is 0.446. The number of nitrogens with zero attached hydrogens (tertiary/aromatic N) is 1. The van der Waals surface area contributed by atoms with Crippen LogP contribution in [0.3, 0.4) is 0 Å². The molecule has 25 heavy (non-hydrogen) atoms. The Kier molecular flexibility index (Phi) is 8.24. The van der Waals surface area contributed by atoms with Crippen LogP contribution in [0.15, 0.2) is 28.1 Å². The van der Waals surface area contributed by atoms with Crippen molar-refractivity contribution >= 4 is 27.7 Å². The summed E-state index contributed by atoms with van der Waals surface area (Å²) in [5.41, 5.74) is 1.79. The largest absolute Gasteiger partial charge is 0.357 e. The van der Waals surface area contributed by atoms with Gasteiger partial charge in [-0.3, -0.25) is 0 Å². The van der Waals surface area contributed by atoms with Gasteiger partial charge in [-0.15, -0.1) is 11.8 Å². The van der Waals surface area contributed by atoms with E-state index in [4.69, 9.17) is 0 Å². The first-order valence-corrected chi connectivity index (χ1v) is 11.3. The molecule has 1 rings (SSSR count). The summed E-state index contributed by atoms with van der Waals surface area (Å²) in [5.74, 6) is 0.665. The molecule has 0 aromatic heterocycles. The summed E-state index contributed by atoms with van der Waals surface area (Å²) in [5, 5.41) is 6.40. The molecule has 3 N–H and O–H groups in total. The second-order valence-electron chi connectivity index (χ2n) is 6.62. The van der Waals surface area contributed by atoms with Gasteiger partial charge in [0.1, 0.15) is 0 Å². The number of hydrogen-bond donors (Lipinski definition) is 3. The molecule has 142 valence electrons. The Labute approximate surface area is 156 Å². The van der Waals surface area contributed by atoms with Gasteiger partial charge in [-0.25, -0.2) is 18.1 Å². The molecule has 0 atom stereocenters. The molecule has 1 aromatic carbocycles. The van der Waals surface area contributed by atoms with Crippen LogP contribution in [0.2, 0.25) is 0 Å². The van der Waals surface area contributed by atoms with E-state index in [1.165, 1.54) is 16.0 Å². The number of hydrogen-bond acceptors (Lipinski definition) is 4. The van der Waals surface area contributed by atoms with Crippen molar-refractivity contribution in [2.45, 2.75) is 44.7 Å². The molecule has 0 saturated heterocycles. The van der Waals surface area contributed by atoms with Crippen LogP contribution < -0.4 is 15.4 Å². The van der Waals surface area contributed by atoms with Crippen molar-refractivity contribution < 1.29 is 8.42 Å². The van der Waals surface area contributed by atoms with Crippen LogP contribution in [0.5, 0.6) is 0 Å². The van der Waals surface area contributed by atoms with Crippen LogP contribution in [0.1, 0.15) is 31.9 Å². The molecule has 0 aliphatic carbocycles. The van der Waals surface area contributed by atoms with Gasteiger partial charge < -0.3 is 10.6 Å². The SMILES string of the molecule is CCNC(=NCc1ccc(C)cc1SC)NCC(C)(C)NS(C)(=O)=O. The molecule has 0 aliphatic rings. The van der Waals surface area contributed by atoms with Gasteiger partial charge in [0.25, 0.3) is 0 Å². The highest BCUT2D eigenvalue weighted by molar-refractivity contribution is 7.98. The molecule has 0 amide bonds. The van der Waals surface area contributed by atoms with Crippen molar-refractivity contribution in [2.75, 3.05) is 25.6 Å². The fourth-order valence-corrected chi connectivity index (χ4v) is 4.11. The Morgan fingerprint density at radius 1 is 1.28 bits per heavy atom. The smallest absolute Gasteiger partial charge is 0.209 e. The third kappa shape index (κ3) is 8.60. The monoisotopic (exact) mass is 386 g/mol. The summed E-state index contributed by atoms with van der Waals surface area (Å²) in [6.45, 7) is 9.45. The standard InChI is InChI=1S/C17H30N4O2S2/c1-7-18-16(20-12-17(3,4)21-25(6,22)23)19-11-14-9-8-13(2)10-15(14)24-5/h8-10,21H,7,11-12H2,1-6H3,(H2,18,19,20). The van der Waals surface area contributed by atoms with E-state index in [1.807, 2.05) is 20.8 Å². The van der Waals surface area contributed by atoms with Crippen LogP contribution >= 0.6 is 11.8 Å². The summed E-state index contributed by atoms with van der Waals surface area (Å²) in [6.07, 6.45) is 3.22. The Bertz CT molecular complexity index is 701. The minimum absolute atomic E-state index is 0.426. The summed E-state index contributed by atoms with van der Waals surface area (Å²) in [6, 6.07) is 6.35. The van der Waals surface area contributed by atoms with Crippen molar-refractivity contribution in [1.29, 1.82) is 0 Å². The minimum atomic E-state index is -3.26. The molecule has 0 heterocycles. The topological polar surface area (TPSA) is 82.6 Å². The molecule has 6 nitrogen and oxygen atoms in total. The van der Waals surface area contributed by atoms with E-state index in [1.54, 1.807) is 11.8 Å². The molecule has 0 unspecified atom stereocenters. The maximum Gasteiger partial charge on any atom is 0.209 e. The summed E-state index contributed by atoms with van der Waals surface area (Å²) in [4.78, 5) is 5.85. The molecular weight excluding hydrogens is 356 g/mol. The highest BCUT2D eigenvalue weighted by Crippen LogP contribution is 2.22. The normalized spacial score (nSPS) is 13.0. The molecule has 0 bridgehead atoms. The van der Waals surface area contributed by atoms with Crippen LogP contribution in [0.4, 0.5) is 0 Å². The van der Waals surface area contributed by atoms with E-state index in [0.29, 0.717) is 19.0 Å². The summed E-state index contributed by atoms with van der Waals surface area (Å²) < 4.78 is 25.5. The average molecular weight is 387 g/mol. The zero-order valence-electron chi connectivity index (χ0n) is 15.9. The molecule has 0 spiro atoms. The van der Waals surface area contributed by atoms with Gasteiger partial charge in [0, 0.05) is 23.5 Å². The number of aliphatic imine (C=N–C) groups is 1. The van der Waals surface area contributed by atoms with Gasteiger partial charge in [0.05, 0.1) is 12.8 Å². The predicted octanol–water partition coefficient (Wildman–Crippen LogP) is 2.10. The Morgan fingerprint density at radius 3 is 2.52 bits per heavy atom. The quantitative estimate of drug-likeness (QED) is 0.362. The molecule has 0 fully saturated rings. The van der Waals surface area contributed by atoms with Crippen molar-refractivity contribution in [3.63, 3.8) is 0 Å². The Balaban J connectivity index is 2.81. The van der Waals surface area contributed by atoms with Gasteiger partial charge in [-0.05, 0) is 51.1 Å².